The Morgan fingerprint density at radius 1 is 1.00 bits per heavy atom. The van der Waals surface area contributed by atoms with Crippen molar-refractivity contribution in [3.63, 3.8) is 0 Å². The van der Waals surface area contributed by atoms with Crippen LogP contribution >= 0.6 is 22.6 Å². The van der Waals surface area contributed by atoms with E-state index in [2.05, 4.69) is 61.3 Å². The zero-order valence-electron chi connectivity index (χ0n) is 14.6. The topological polar surface area (TPSA) is 22.6 Å². The third kappa shape index (κ3) is 5.87. The van der Waals surface area contributed by atoms with Crippen LogP contribution in [0.1, 0.15) is 26.2 Å². The van der Waals surface area contributed by atoms with E-state index in [0.717, 1.165) is 32.0 Å². The van der Waals surface area contributed by atoms with Gasteiger partial charge in [-0.2, -0.15) is 0 Å². The van der Waals surface area contributed by atoms with Gasteiger partial charge in [0, 0.05) is 45.0 Å². The Morgan fingerprint density at radius 3 is 2.30 bits per heavy atom. The van der Waals surface area contributed by atoms with Gasteiger partial charge in [0.15, 0.2) is 0 Å². The lowest BCUT2D eigenvalue weighted by molar-refractivity contribution is 0.129. The van der Waals surface area contributed by atoms with Gasteiger partial charge in [-0.15, -0.1) is 0 Å². The molecule has 2 aliphatic rings. The quantitative estimate of drug-likeness (QED) is 0.541. The molecule has 3 heterocycles. The fourth-order valence-electron chi connectivity index (χ4n) is 3.56. The molecule has 0 spiro atoms. The van der Waals surface area contributed by atoms with Gasteiger partial charge < -0.3 is 9.80 Å². The van der Waals surface area contributed by atoms with Crippen molar-refractivity contribution in [2.45, 2.75) is 32.2 Å². The molecule has 4 nitrogen and oxygen atoms in total. The molecule has 2 aliphatic heterocycles. The zero-order valence-corrected chi connectivity index (χ0v) is 16.8. The number of piperazine rings is 1. The van der Waals surface area contributed by atoms with Crippen molar-refractivity contribution in [2.24, 2.45) is 0 Å². The molecule has 0 saturated carbocycles. The fourth-order valence-corrected chi connectivity index (χ4v) is 3.56. The van der Waals surface area contributed by atoms with Crippen LogP contribution < -0.4 is 4.90 Å². The molecule has 3 rings (SSSR count). The minimum atomic E-state index is 0.675. The summed E-state index contributed by atoms with van der Waals surface area (Å²) in [4.78, 5) is 14.1. The summed E-state index contributed by atoms with van der Waals surface area (Å²) in [5.74, 6) is 1.13. The molecule has 0 aromatic carbocycles. The molecule has 2 saturated heterocycles. The standard InChI is InChI=1S/C17H28N4.CH3I/c1-16(15-19-9-5-2-6-10-19)20-11-13-21(14-12-20)17-7-3-4-8-18-17;1-2/h3-4,7-8,16H,2,5-6,9-15H2,1H3;1H3. The van der Waals surface area contributed by atoms with Gasteiger partial charge in [0.2, 0.25) is 0 Å². The largest absolute Gasteiger partial charge is 0.354 e. The van der Waals surface area contributed by atoms with E-state index in [4.69, 9.17) is 0 Å². The molecular formula is C18H31IN4. The molecule has 5 heteroatoms. The van der Waals surface area contributed by atoms with E-state index in [-0.39, 0.29) is 0 Å². The van der Waals surface area contributed by atoms with Gasteiger partial charge >= 0.3 is 0 Å². The van der Waals surface area contributed by atoms with Crippen molar-refractivity contribution in [2.75, 3.05) is 55.6 Å². The Kier molecular flexibility index (Phi) is 8.61. The number of piperidine rings is 1. The summed E-state index contributed by atoms with van der Waals surface area (Å²) >= 11 is 2.15. The molecule has 0 aliphatic carbocycles. The summed E-state index contributed by atoms with van der Waals surface area (Å²) in [5, 5.41) is 0. The second-order valence-electron chi connectivity index (χ2n) is 6.42. The second-order valence-corrected chi connectivity index (χ2v) is 6.42. The van der Waals surface area contributed by atoms with Gasteiger partial charge in [-0.25, -0.2) is 4.98 Å². The van der Waals surface area contributed by atoms with Crippen molar-refractivity contribution < 1.29 is 0 Å². The van der Waals surface area contributed by atoms with Crippen LogP contribution in [0.3, 0.4) is 0 Å². The first kappa shape index (κ1) is 18.9. The Morgan fingerprint density at radius 2 is 1.70 bits per heavy atom. The Balaban J connectivity index is 0.000000924. The lowest BCUT2D eigenvalue weighted by Crippen LogP contribution is -2.53. The molecule has 1 aromatic rings. The van der Waals surface area contributed by atoms with E-state index >= 15 is 0 Å². The highest BCUT2D eigenvalue weighted by molar-refractivity contribution is 14.1. The summed E-state index contributed by atoms with van der Waals surface area (Å²) in [6.45, 7) is 10.8. The molecular weight excluding hydrogens is 399 g/mol. The molecule has 0 bridgehead atoms. The highest BCUT2D eigenvalue weighted by Gasteiger charge is 2.23. The number of anilines is 1. The number of hydrogen-bond donors (Lipinski definition) is 0. The van der Waals surface area contributed by atoms with Gasteiger partial charge in [-0.05, 0) is 49.9 Å². The van der Waals surface area contributed by atoms with Crippen LogP contribution in [-0.4, -0.2) is 71.6 Å². The maximum absolute atomic E-state index is 4.47. The summed E-state index contributed by atoms with van der Waals surface area (Å²) in [7, 11) is 0. The van der Waals surface area contributed by atoms with Crippen molar-refractivity contribution in [3.8, 4) is 0 Å². The predicted molar refractivity (Wildman–Crippen MR) is 108 cm³/mol. The molecule has 1 atom stereocenters. The van der Waals surface area contributed by atoms with Gasteiger partial charge in [-0.3, -0.25) is 4.90 Å². The molecule has 0 amide bonds. The SMILES string of the molecule is CC(CN1CCCCC1)N1CCN(c2ccccn2)CC1.CI. The average Bonchev–Trinajstić information content (AvgIpc) is 2.65. The van der Waals surface area contributed by atoms with Gasteiger partial charge in [0.1, 0.15) is 5.82 Å². The number of rotatable bonds is 4. The average molecular weight is 430 g/mol. The molecule has 0 N–H and O–H groups in total. The number of alkyl halides is 1. The number of pyridine rings is 1. The van der Waals surface area contributed by atoms with Gasteiger partial charge in [0.25, 0.3) is 0 Å². The monoisotopic (exact) mass is 430 g/mol. The van der Waals surface area contributed by atoms with Crippen LogP contribution in [0, 0.1) is 0 Å². The molecule has 130 valence electrons. The Hall–Kier alpha value is -0.400. The van der Waals surface area contributed by atoms with Crippen molar-refractivity contribution in [3.05, 3.63) is 24.4 Å². The van der Waals surface area contributed by atoms with Crippen LogP contribution in [0.4, 0.5) is 5.82 Å². The van der Waals surface area contributed by atoms with E-state index in [1.54, 1.807) is 0 Å². The minimum absolute atomic E-state index is 0.675. The first-order chi connectivity index (χ1) is 11.3. The zero-order chi connectivity index (χ0) is 16.5. The Labute approximate surface area is 155 Å². The normalized spacial score (nSPS) is 21.4. The molecule has 1 unspecified atom stereocenters. The maximum atomic E-state index is 4.47. The predicted octanol–water partition coefficient (Wildman–Crippen LogP) is 3.13. The molecule has 2 fully saturated rings. The Bertz CT molecular complexity index is 414. The van der Waals surface area contributed by atoms with Crippen LogP contribution in [0.5, 0.6) is 0 Å². The highest BCUT2D eigenvalue weighted by atomic mass is 127. The van der Waals surface area contributed by atoms with E-state index in [9.17, 15) is 0 Å². The lowest BCUT2D eigenvalue weighted by Gasteiger charge is -2.40. The number of halogens is 1. The van der Waals surface area contributed by atoms with E-state index < -0.39 is 0 Å². The van der Waals surface area contributed by atoms with E-state index in [1.165, 1.54) is 38.9 Å². The third-order valence-electron chi connectivity index (χ3n) is 4.88. The van der Waals surface area contributed by atoms with Crippen LogP contribution in [-0.2, 0) is 0 Å². The van der Waals surface area contributed by atoms with Crippen molar-refractivity contribution in [1.82, 2.24) is 14.8 Å². The fraction of sp³-hybridized carbons (Fsp3) is 0.722. The van der Waals surface area contributed by atoms with Crippen molar-refractivity contribution in [1.29, 1.82) is 0 Å². The maximum Gasteiger partial charge on any atom is 0.128 e. The first-order valence-electron chi connectivity index (χ1n) is 8.83. The van der Waals surface area contributed by atoms with Crippen LogP contribution in [0.15, 0.2) is 24.4 Å². The van der Waals surface area contributed by atoms with Gasteiger partial charge in [-0.1, -0.05) is 35.1 Å². The minimum Gasteiger partial charge on any atom is -0.354 e. The number of nitrogens with zero attached hydrogens (tertiary/aromatic N) is 4. The molecule has 23 heavy (non-hydrogen) atoms. The van der Waals surface area contributed by atoms with Gasteiger partial charge in [0.05, 0.1) is 0 Å². The number of likely N-dealkylation sites (tertiary alicyclic amines) is 1. The molecule has 0 radical (unpaired) electrons. The summed E-state index contributed by atoms with van der Waals surface area (Å²) in [6, 6.07) is 6.86. The van der Waals surface area contributed by atoms with Crippen LogP contribution in [0.25, 0.3) is 0 Å². The summed E-state index contributed by atoms with van der Waals surface area (Å²) < 4.78 is 0. The third-order valence-corrected chi connectivity index (χ3v) is 4.88. The highest BCUT2D eigenvalue weighted by Crippen LogP contribution is 2.15. The first-order valence-corrected chi connectivity index (χ1v) is 11.0. The summed E-state index contributed by atoms with van der Waals surface area (Å²) in [6.07, 6.45) is 6.09. The van der Waals surface area contributed by atoms with E-state index in [0.29, 0.717) is 6.04 Å². The number of hydrogen-bond acceptors (Lipinski definition) is 4. The van der Waals surface area contributed by atoms with Crippen LogP contribution in [0.2, 0.25) is 0 Å². The smallest absolute Gasteiger partial charge is 0.128 e. The van der Waals surface area contributed by atoms with Crippen molar-refractivity contribution >= 4 is 28.4 Å². The lowest BCUT2D eigenvalue weighted by atomic mass is 10.1. The van der Waals surface area contributed by atoms with E-state index in [1.807, 2.05) is 17.2 Å². The molecule has 1 aromatic heterocycles. The summed E-state index contributed by atoms with van der Waals surface area (Å²) in [5.41, 5.74) is 0. The number of aromatic nitrogens is 1. The second kappa shape index (κ2) is 10.5.